The molecular weight excluding hydrogens is 226 g/mol. The molecule has 18 heavy (non-hydrogen) atoms. The topological polar surface area (TPSA) is 48.1 Å². The molecule has 1 atom stereocenters. The highest BCUT2D eigenvalue weighted by atomic mass is 15.3. The zero-order valence-corrected chi connectivity index (χ0v) is 11.4. The Kier molecular flexibility index (Phi) is 4.00. The number of nitrogens with zero attached hydrogens (tertiary/aromatic N) is 5. The van der Waals surface area contributed by atoms with E-state index in [1.165, 1.54) is 0 Å². The molecule has 1 aliphatic rings. The molecule has 0 spiro atoms. The first-order valence-electron chi connectivity index (χ1n) is 6.50. The SMILES string of the molecule is CCc1nn(C)cc1C(C#N)N1CCN(C)CC1. The number of aromatic nitrogens is 2. The summed E-state index contributed by atoms with van der Waals surface area (Å²) in [5.74, 6) is 0. The summed E-state index contributed by atoms with van der Waals surface area (Å²) in [7, 11) is 4.04. The van der Waals surface area contributed by atoms with Crippen molar-refractivity contribution in [2.45, 2.75) is 19.4 Å². The minimum Gasteiger partial charge on any atom is -0.304 e. The van der Waals surface area contributed by atoms with E-state index in [9.17, 15) is 5.26 Å². The normalized spacial score (nSPS) is 19.7. The zero-order chi connectivity index (χ0) is 13.1. The van der Waals surface area contributed by atoms with E-state index in [-0.39, 0.29) is 6.04 Å². The molecule has 0 amide bonds. The van der Waals surface area contributed by atoms with Crippen LogP contribution < -0.4 is 0 Å². The molecule has 0 bridgehead atoms. The van der Waals surface area contributed by atoms with Gasteiger partial charge in [-0.05, 0) is 13.5 Å². The van der Waals surface area contributed by atoms with E-state index in [4.69, 9.17) is 0 Å². The fraction of sp³-hybridized carbons (Fsp3) is 0.692. The Morgan fingerprint density at radius 3 is 2.56 bits per heavy atom. The lowest BCUT2D eigenvalue weighted by molar-refractivity contribution is 0.132. The van der Waals surface area contributed by atoms with Gasteiger partial charge in [-0.15, -0.1) is 0 Å². The Labute approximate surface area is 109 Å². The zero-order valence-electron chi connectivity index (χ0n) is 11.4. The van der Waals surface area contributed by atoms with Gasteiger partial charge in [-0.2, -0.15) is 10.4 Å². The molecule has 1 fully saturated rings. The molecule has 0 aliphatic carbocycles. The maximum atomic E-state index is 9.48. The molecule has 1 unspecified atom stereocenters. The first-order chi connectivity index (χ1) is 8.65. The highest BCUT2D eigenvalue weighted by Gasteiger charge is 2.26. The average Bonchev–Trinajstić information content (AvgIpc) is 2.74. The molecule has 2 rings (SSSR count). The van der Waals surface area contributed by atoms with Crippen LogP contribution in [-0.2, 0) is 13.5 Å². The number of nitriles is 1. The Balaban J connectivity index is 2.20. The van der Waals surface area contributed by atoms with Gasteiger partial charge >= 0.3 is 0 Å². The van der Waals surface area contributed by atoms with Crippen LogP contribution in [0.2, 0.25) is 0 Å². The Bertz CT molecular complexity index is 437. The van der Waals surface area contributed by atoms with Crippen molar-refractivity contribution in [3.05, 3.63) is 17.5 Å². The van der Waals surface area contributed by atoms with Crippen LogP contribution in [-0.4, -0.2) is 52.8 Å². The van der Waals surface area contributed by atoms with E-state index in [0.29, 0.717) is 0 Å². The number of hydrogen-bond acceptors (Lipinski definition) is 4. The van der Waals surface area contributed by atoms with E-state index in [1.807, 2.05) is 17.9 Å². The highest BCUT2D eigenvalue weighted by molar-refractivity contribution is 5.26. The minimum atomic E-state index is -0.151. The lowest BCUT2D eigenvalue weighted by atomic mass is 10.1. The predicted molar refractivity (Wildman–Crippen MR) is 70.0 cm³/mol. The Hall–Kier alpha value is -1.38. The van der Waals surface area contributed by atoms with Crippen molar-refractivity contribution >= 4 is 0 Å². The van der Waals surface area contributed by atoms with Crippen LogP contribution in [0.1, 0.15) is 24.2 Å². The van der Waals surface area contributed by atoms with Gasteiger partial charge in [0.1, 0.15) is 6.04 Å². The van der Waals surface area contributed by atoms with Gasteiger partial charge in [-0.25, -0.2) is 0 Å². The maximum Gasteiger partial charge on any atom is 0.127 e. The maximum absolute atomic E-state index is 9.48. The molecule has 0 aromatic carbocycles. The van der Waals surface area contributed by atoms with Gasteiger partial charge in [0.25, 0.3) is 0 Å². The Morgan fingerprint density at radius 2 is 2.00 bits per heavy atom. The summed E-state index contributed by atoms with van der Waals surface area (Å²) in [4.78, 5) is 4.56. The third-order valence-electron chi connectivity index (χ3n) is 3.59. The number of rotatable bonds is 3. The van der Waals surface area contributed by atoms with Gasteiger partial charge in [0, 0.05) is 45.0 Å². The van der Waals surface area contributed by atoms with E-state index >= 15 is 0 Å². The number of hydrogen-bond donors (Lipinski definition) is 0. The number of likely N-dealkylation sites (N-methyl/N-ethyl adjacent to an activating group) is 1. The van der Waals surface area contributed by atoms with Gasteiger partial charge in [-0.1, -0.05) is 6.92 Å². The number of piperazine rings is 1. The molecule has 1 aromatic heterocycles. The lowest BCUT2D eigenvalue weighted by Crippen LogP contribution is -2.45. The van der Waals surface area contributed by atoms with Gasteiger partial charge in [0.05, 0.1) is 11.8 Å². The molecule has 0 radical (unpaired) electrons. The standard InChI is InChI=1S/C13H21N5/c1-4-12-11(10-17(3)15-12)13(9-14)18-7-5-16(2)6-8-18/h10,13H,4-8H2,1-3H3. The second kappa shape index (κ2) is 5.51. The second-order valence-corrected chi connectivity index (χ2v) is 4.93. The lowest BCUT2D eigenvalue weighted by Gasteiger charge is -2.35. The van der Waals surface area contributed by atoms with Crippen molar-refractivity contribution in [2.24, 2.45) is 7.05 Å². The predicted octanol–water partition coefficient (Wildman–Crippen LogP) is 0.795. The van der Waals surface area contributed by atoms with E-state index in [0.717, 1.165) is 43.9 Å². The third-order valence-corrected chi connectivity index (χ3v) is 3.59. The van der Waals surface area contributed by atoms with Crippen LogP contribution in [0.3, 0.4) is 0 Å². The molecule has 1 aromatic rings. The van der Waals surface area contributed by atoms with Crippen molar-refractivity contribution in [3.8, 4) is 6.07 Å². The van der Waals surface area contributed by atoms with Crippen LogP contribution >= 0.6 is 0 Å². The second-order valence-electron chi connectivity index (χ2n) is 4.93. The minimum absolute atomic E-state index is 0.151. The quantitative estimate of drug-likeness (QED) is 0.792. The van der Waals surface area contributed by atoms with Crippen LogP contribution in [0.25, 0.3) is 0 Å². The molecular formula is C13H21N5. The smallest absolute Gasteiger partial charge is 0.127 e. The summed E-state index contributed by atoms with van der Waals surface area (Å²) >= 11 is 0. The summed E-state index contributed by atoms with van der Waals surface area (Å²) < 4.78 is 1.81. The van der Waals surface area contributed by atoms with Crippen LogP contribution in [0.5, 0.6) is 0 Å². The van der Waals surface area contributed by atoms with E-state index in [2.05, 4.69) is 34.9 Å². The van der Waals surface area contributed by atoms with Gasteiger partial charge in [0.2, 0.25) is 0 Å². The first-order valence-corrected chi connectivity index (χ1v) is 6.50. The summed E-state index contributed by atoms with van der Waals surface area (Å²) in [5.41, 5.74) is 2.12. The summed E-state index contributed by atoms with van der Waals surface area (Å²) in [6.07, 6.45) is 2.87. The first kappa shape index (κ1) is 13.1. The summed E-state index contributed by atoms with van der Waals surface area (Å²) in [6.45, 7) is 6.05. The Morgan fingerprint density at radius 1 is 1.33 bits per heavy atom. The fourth-order valence-electron chi connectivity index (χ4n) is 2.48. The molecule has 5 nitrogen and oxygen atoms in total. The summed E-state index contributed by atoms with van der Waals surface area (Å²) in [5, 5.41) is 13.9. The molecule has 5 heteroatoms. The highest BCUT2D eigenvalue weighted by Crippen LogP contribution is 2.24. The van der Waals surface area contributed by atoms with Crippen molar-refractivity contribution in [3.63, 3.8) is 0 Å². The van der Waals surface area contributed by atoms with Crippen molar-refractivity contribution in [1.82, 2.24) is 19.6 Å². The molecule has 2 heterocycles. The molecule has 0 N–H and O–H groups in total. The van der Waals surface area contributed by atoms with Crippen LogP contribution in [0, 0.1) is 11.3 Å². The molecule has 1 aliphatic heterocycles. The molecule has 1 saturated heterocycles. The summed E-state index contributed by atoms with van der Waals surface area (Å²) in [6, 6.07) is 2.29. The van der Waals surface area contributed by atoms with Gasteiger partial charge < -0.3 is 4.90 Å². The van der Waals surface area contributed by atoms with Crippen molar-refractivity contribution < 1.29 is 0 Å². The third kappa shape index (κ3) is 2.55. The molecule has 98 valence electrons. The van der Waals surface area contributed by atoms with Crippen molar-refractivity contribution in [2.75, 3.05) is 33.2 Å². The number of aryl methyl sites for hydroxylation is 2. The largest absolute Gasteiger partial charge is 0.304 e. The van der Waals surface area contributed by atoms with E-state index < -0.39 is 0 Å². The van der Waals surface area contributed by atoms with Crippen molar-refractivity contribution in [1.29, 1.82) is 5.26 Å². The monoisotopic (exact) mass is 247 g/mol. The van der Waals surface area contributed by atoms with E-state index in [1.54, 1.807) is 0 Å². The van der Waals surface area contributed by atoms with Gasteiger partial charge in [0.15, 0.2) is 0 Å². The fourth-order valence-corrected chi connectivity index (χ4v) is 2.48. The average molecular weight is 247 g/mol. The van der Waals surface area contributed by atoms with Gasteiger partial charge in [-0.3, -0.25) is 9.58 Å². The van der Waals surface area contributed by atoms with Crippen LogP contribution in [0.15, 0.2) is 6.20 Å². The molecule has 0 saturated carbocycles. The van der Waals surface area contributed by atoms with Crippen LogP contribution in [0.4, 0.5) is 0 Å².